The summed E-state index contributed by atoms with van der Waals surface area (Å²) in [4.78, 5) is 1.33. The van der Waals surface area contributed by atoms with E-state index in [4.69, 9.17) is 0 Å². The normalized spacial score (nSPS) is 12.8. The first-order valence-electron chi connectivity index (χ1n) is 4.56. The highest BCUT2D eigenvalue weighted by Crippen LogP contribution is 2.15. The minimum Gasteiger partial charge on any atom is -0.317 e. The molecule has 0 aliphatic carbocycles. The summed E-state index contributed by atoms with van der Waals surface area (Å²) in [5, 5.41) is 3.24. The van der Waals surface area contributed by atoms with Crippen LogP contribution in [0, 0.1) is 0 Å². The van der Waals surface area contributed by atoms with Gasteiger partial charge >= 0.3 is 0 Å². The number of likely N-dealkylation sites (N-methyl/N-ethyl adjacent to an activating group) is 1. The van der Waals surface area contributed by atoms with Gasteiger partial charge in [0.2, 0.25) is 0 Å². The molecule has 0 spiro atoms. The predicted octanol–water partition coefficient (Wildman–Crippen LogP) is 2.56. The molecule has 0 saturated heterocycles. The molecular weight excluding hydrogens is 178 g/mol. The van der Waals surface area contributed by atoms with Crippen molar-refractivity contribution in [1.82, 2.24) is 5.32 Å². The average molecular weight is 195 g/mol. The van der Waals surface area contributed by atoms with Crippen LogP contribution in [0.4, 0.5) is 0 Å². The quantitative estimate of drug-likeness (QED) is 0.741. The maximum atomic E-state index is 3.24. The second kappa shape index (κ2) is 5.30. The minimum absolute atomic E-state index is 0.556. The summed E-state index contributed by atoms with van der Waals surface area (Å²) in [7, 11) is 2.00. The number of nitrogens with one attached hydrogen (secondary N) is 1. The smallest absolute Gasteiger partial charge is 0.00761 e. The monoisotopic (exact) mass is 195 g/mol. The molecule has 2 heteroatoms. The zero-order chi connectivity index (χ0) is 9.68. The van der Waals surface area contributed by atoms with Crippen LogP contribution in [0.2, 0.25) is 0 Å². The third-order valence-electron chi connectivity index (χ3n) is 2.19. The SMILES string of the molecule is CN[C@H](C)Cc1ccc(SC)cc1. The lowest BCUT2D eigenvalue weighted by Gasteiger charge is -2.09. The van der Waals surface area contributed by atoms with Crippen LogP contribution in [0.1, 0.15) is 12.5 Å². The maximum Gasteiger partial charge on any atom is 0.00761 e. The van der Waals surface area contributed by atoms with Crippen molar-refractivity contribution in [2.24, 2.45) is 0 Å². The number of benzene rings is 1. The van der Waals surface area contributed by atoms with Crippen molar-refractivity contribution < 1.29 is 0 Å². The van der Waals surface area contributed by atoms with Crippen LogP contribution in [-0.4, -0.2) is 19.3 Å². The van der Waals surface area contributed by atoms with Crippen molar-refractivity contribution in [2.45, 2.75) is 24.3 Å². The molecule has 1 atom stereocenters. The van der Waals surface area contributed by atoms with Crippen LogP contribution in [-0.2, 0) is 6.42 Å². The fourth-order valence-corrected chi connectivity index (χ4v) is 1.63. The van der Waals surface area contributed by atoms with Gasteiger partial charge in [0.1, 0.15) is 0 Å². The van der Waals surface area contributed by atoms with Gasteiger partial charge in [-0.05, 0) is 44.3 Å². The van der Waals surface area contributed by atoms with Crippen LogP contribution in [0.5, 0.6) is 0 Å². The van der Waals surface area contributed by atoms with E-state index in [1.807, 2.05) is 7.05 Å². The fraction of sp³-hybridized carbons (Fsp3) is 0.455. The summed E-state index contributed by atoms with van der Waals surface area (Å²) in [6.45, 7) is 2.20. The van der Waals surface area contributed by atoms with Crippen LogP contribution < -0.4 is 5.32 Å². The van der Waals surface area contributed by atoms with Crippen LogP contribution in [0.3, 0.4) is 0 Å². The van der Waals surface area contributed by atoms with Crippen molar-refractivity contribution in [1.29, 1.82) is 0 Å². The Morgan fingerprint density at radius 1 is 1.31 bits per heavy atom. The van der Waals surface area contributed by atoms with Gasteiger partial charge in [0.25, 0.3) is 0 Å². The van der Waals surface area contributed by atoms with Gasteiger partial charge < -0.3 is 5.32 Å². The second-order valence-corrected chi connectivity index (χ2v) is 4.12. The Morgan fingerprint density at radius 3 is 2.38 bits per heavy atom. The topological polar surface area (TPSA) is 12.0 Å². The van der Waals surface area contributed by atoms with Gasteiger partial charge in [-0.25, -0.2) is 0 Å². The molecule has 1 N–H and O–H groups in total. The lowest BCUT2D eigenvalue weighted by atomic mass is 10.1. The predicted molar refractivity (Wildman–Crippen MR) is 60.4 cm³/mol. The lowest BCUT2D eigenvalue weighted by Crippen LogP contribution is -2.23. The molecule has 0 heterocycles. The van der Waals surface area contributed by atoms with E-state index in [9.17, 15) is 0 Å². The first-order valence-corrected chi connectivity index (χ1v) is 5.79. The zero-order valence-corrected chi connectivity index (χ0v) is 9.32. The van der Waals surface area contributed by atoms with E-state index < -0.39 is 0 Å². The van der Waals surface area contributed by atoms with Crippen LogP contribution in [0.15, 0.2) is 29.2 Å². The third-order valence-corrected chi connectivity index (χ3v) is 2.94. The molecule has 13 heavy (non-hydrogen) atoms. The molecule has 0 aromatic heterocycles. The summed E-state index contributed by atoms with van der Waals surface area (Å²) >= 11 is 1.79. The molecule has 1 rings (SSSR count). The molecule has 72 valence electrons. The summed E-state index contributed by atoms with van der Waals surface area (Å²) in [6.07, 6.45) is 3.20. The zero-order valence-electron chi connectivity index (χ0n) is 8.50. The Labute approximate surface area is 84.9 Å². The Morgan fingerprint density at radius 2 is 1.92 bits per heavy atom. The van der Waals surface area contributed by atoms with E-state index >= 15 is 0 Å². The number of thioether (sulfide) groups is 1. The van der Waals surface area contributed by atoms with Gasteiger partial charge in [-0.3, -0.25) is 0 Å². The Kier molecular flexibility index (Phi) is 4.33. The van der Waals surface area contributed by atoms with Crippen LogP contribution in [0.25, 0.3) is 0 Å². The molecule has 1 nitrogen and oxygen atoms in total. The molecule has 0 amide bonds. The van der Waals surface area contributed by atoms with E-state index in [2.05, 4.69) is 42.8 Å². The third kappa shape index (κ3) is 3.41. The minimum atomic E-state index is 0.556. The summed E-state index contributed by atoms with van der Waals surface area (Å²) < 4.78 is 0. The molecule has 0 saturated carbocycles. The summed E-state index contributed by atoms with van der Waals surface area (Å²) in [5.74, 6) is 0. The highest BCUT2D eigenvalue weighted by atomic mass is 32.2. The van der Waals surface area contributed by atoms with Gasteiger partial charge in [-0.15, -0.1) is 11.8 Å². The lowest BCUT2D eigenvalue weighted by molar-refractivity contribution is 0.608. The molecular formula is C11H17NS. The van der Waals surface area contributed by atoms with Gasteiger partial charge in [0.05, 0.1) is 0 Å². The molecule has 0 fully saturated rings. The van der Waals surface area contributed by atoms with Crippen molar-refractivity contribution in [3.8, 4) is 0 Å². The van der Waals surface area contributed by atoms with E-state index in [1.54, 1.807) is 11.8 Å². The first-order chi connectivity index (χ1) is 6.26. The van der Waals surface area contributed by atoms with Gasteiger partial charge in [0, 0.05) is 10.9 Å². The van der Waals surface area contributed by atoms with Crippen molar-refractivity contribution in [2.75, 3.05) is 13.3 Å². The first kappa shape index (κ1) is 10.6. The van der Waals surface area contributed by atoms with E-state index in [0.717, 1.165) is 6.42 Å². The van der Waals surface area contributed by atoms with E-state index in [0.29, 0.717) is 6.04 Å². The maximum absolute atomic E-state index is 3.24. The second-order valence-electron chi connectivity index (χ2n) is 3.24. The Hall–Kier alpha value is -0.470. The highest BCUT2D eigenvalue weighted by molar-refractivity contribution is 7.98. The van der Waals surface area contributed by atoms with Crippen molar-refractivity contribution >= 4 is 11.8 Å². The largest absolute Gasteiger partial charge is 0.317 e. The van der Waals surface area contributed by atoms with Gasteiger partial charge in [0.15, 0.2) is 0 Å². The Bertz CT molecular complexity index is 243. The van der Waals surface area contributed by atoms with Gasteiger partial charge in [-0.1, -0.05) is 12.1 Å². The molecule has 0 aliphatic rings. The standard InChI is InChI=1S/C11H17NS/c1-9(12-2)8-10-4-6-11(13-3)7-5-10/h4-7,9,12H,8H2,1-3H3/t9-/m1/s1. The Balaban J connectivity index is 2.58. The fourth-order valence-electron chi connectivity index (χ4n) is 1.22. The average Bonchev–Trinajstić information content (AvgIpc) is 2.19. The van der Waals surface area contributed by atoms with Crippen molar-refractivity contribution in [3.63, 3.8) is 0 Å². The van der Waals surface area contributed by atoms with Gasteiger partial charge in [-0.2, -0.15) is 0 Å². The molecule has 0 unspecified atom stereocenters. The molecule has 0 bridgehead atoms. The number of hydrogen-bond donors (Lipinski definition) is 1. The summed E-state index contributed by atoms with van der Waals surface area (Å²) in [5.41, 5.74) is 1.40. The molecule has 1 aromatic carbocycles. The summed E-state index contributed by atoms with van der Waals surface area (Å²) in [6, 6.07) is 9.34. The number of hydrogen-bond acceptors (Lipinski definition) is 2. The van der Waals surface area contributed by atoms with E-state index in [-0.39, 0.29) is 0 Å². The highest BCUT2D eigenvalue weighted by Gasteiger charge is 1.99. The van der Waals surface area contributed by atoms with E-state index in [1.165, 1.54) is 10.5 Å². The van der Waals surface area contributed by atoms with Crippen molar-refractivity contribution in [3.05, 3.63) is 29.8 Å². The molecule has 0 aliphatic heterocycles. The van der Waals surface area contributed by atoms with Crippen LogP contribution >= 0.6 is 11.8 Å². The number of rotatable bonds is 4. The molecule has 0 radical (unpaired) electrons. The molecule has 1 aromatic rings.